The standard InChI is InChI=1S/C13H25NO3/c1-4-17-13(16)10(2)9-14(3)11-7-5-6-8-12(11)15/h10-12,15H,4-9H2,1-3H3. The van der Waals surface area contributed by atoms with Crippen molar-refractivity contribution in [3.05, 3.63) is 0 Å². The van der Waals surface area contributed by atoms with Crippen LogP contribution in [0.5, 0.6) is 0 Å². The number of ether oxygens (including phenoxy) is 1. The van der Waals surface area contributed by atoms with Gasteiger partial charge in [0, 0.05) is 12.6 Å². The van der Waals surface area contributed by atoms with Crippen LogP contribution in [0.15, 0.2) is 0 Å². The third-order valence-electron chi connectivity index (χ3n) is 3.51. The highest BCUT2D eigenvalue weighted by Crippen LogP contribution is 2.23. The molecule has 0 bridgehead atoms. The number of aliphatic hydroxyl groups excluding tert-OH is 1. The summed E-state index contributed by atoms with van der Waals surface area (Å²) < 4.78 is 4.99. The van der Waals surface area contributed by atoms with Crippen LogP contribution in [0.2, 0.25) is 0 Å². The molecule has 0 aromatic heterocycles. The average molecular weight is 243 g/mol. The maximum absolute atomic E-state index is 11.5. The predicted octanol–water partition coefficient (Wildman–Crippen LogP) is 1.42. The minimum absolute atomic E-state index is 0.130. The van der Waals surface area contributed by atoms with Crippen LogP contribution in [0.25, 0.3) is 0 Å². The Labute approximate surface area is 104 Å². The first-order chi connectivity index (χ1) is 8.06. The van der Waals surface area contributed by atoms with E-state index < -0.39 is 0 Å². The van der Waals surface area contributed by atoms with Crippen LogP contribution in [-0.4, -0.2) is 48.3 Å². The highest BCUT2D eigenvalue weighted by Gasteiger charge is 2.28. The van der Waals surface area contributed by atoms with Gasteiger partial charge >= 0.3 is 5.97 Å². The number of aliphatic hydroxyl groups is 1. The molecule has 0 aromatic rings. The van der Waals surface area contributed by atoms with Gasteiger partial charge in [0.25, 0.3) is 0 Å². The second-order valence-electron chi connectivity index (χ2n) is 5.01. The van der Waals surface area contributed by atoms with Crippen molar-refractivity contribution in [1.29, 1.82) is 0 Å². The molecule has 0 saturated heterocycles. The molecule has 0 heterocycles. The first kappa shape index (κ1) is 14.5. The molecule has 100 valence electrons. The normalized spacial score (nSPS) is 26.9. The van der Waals surface area contributed by atoms with Gasteiger partial charge in [0.1, 0.15) is 0 Å². The lowest BCUT2D eigenvalue weighted by Crippen LogP contribution is -2.45. The molecule has 0 radical (unpaired) electrons. The van der Waals surface area contributed by atoms with E-state index >= 15 is 0 Å². The van der Waals surface area contributed by atoms with Crippen LogP contribution in [0.4, 0.5) is 0 Å². The molecule has 1 aliphatic carbocycles. The summed E-state index contributed by atoms with van der Waals surface area (Å²) in [6.45, 7) is 4.78. The highest BCUT2D eigenvalue weighted by atomic mass is 16.5. The summed E-state index contributed by atoms with van der Waals surface area (Å²) in [7, 11) is 1.98. The zero-order valence-electron chi connectivity index (χ0n) is 11.2. The van der Waals surface area contributed by atoms with E-state index in [1.807, 2.05) is 20.9 Å². The zero-order chi connectivity index (χ0) is 12.8. The third kappa shape index (κ3) is 4.28. The first-order valence-electron chi connectivity index (χ1n) is 6.61. The molecule has 4 nitrogen and oxygen atoms in total. The summed E-state index contributed by atoms with van der Waals surface area (Å²) in [6, 6.07) is 0.195. The van der Waals surface area contributed by atoms with E-state index in [2.05, 4.69) is 4.90 Å². The van der Waals surface area contributed by atoms with Gasteiger partial charge in [-0.05, 0) is 26.8 Å². The molecule has 0 amide bonds. The van der Waals surface area contributed by atoms with Crippen molar-refractivity contribution in [2.24, 2.45) is 5.92 Å². The molecule has 0 spiro atoms. The van der Waals surface area contributed by atoms with Crippen LogP contribution in [-0.2, 0) is 9.53 Å². The Hall–Kier alpha value is -0.610. The molecule has 3 atom stereocenters. The van der Waals surface area contributed by atoms with Crippen LogP contribution in [0.1, 0.15) is 39.5 Å². The minimum atomic E-state index is -0.247. The third-order valence-corrected chi connectivity index (χ3v) is 3.51. The molecule has 1 N–H and O–H groups in total. The van der Waals surface area contributed by atoms with Gasteiger partial charge in [-0.25, -0.2) is 0 Å². The topological polar surface area (TPSA) is 49.8 Å². The largest absolute Gasteiger partial charge is 0.466 e. The molecule has 1 fully saturated rings. The van der Waals surface area contributed by atoms with Crippen LogP contribution in [0.3, 0.4) is 0 Å². The van der Waals surface area contributed by atoms with Crippen molar-refractivity contribution < 1.29 is 14.6 Å². The van der Waals surface area contributed by atoms with E-state index in [1.165, 1.54) is 6.42 Å². The first-order valence-corrected chi connectivity index (χ1v) is 6.61. The Morgan fingerprint density at radius 1 is 1.47 bits per heavy atom. The summed E-state index contributed by atoms with van der Waals surface area (Å²) >= 11 is 0. The van der Waals surface area contributed by atoms with E-state index in [0.717, 1.165) is 19.3 Å². The Bertz CT molecular complexity index is 245. The molecular formula is C13H25NO3. The average Bonchev–Trinajstić information content (AvgIpc) is 2.29. The predicted molar refractivity (Wildman–Crippen MR) is 66.7 cm³/mol. The van der Waals surface area contributed by atoms with Crippen molar-refractivity contribution in [3.8, 4) is 0 Å². The Morgan fingerprint density at radius 3 is 2.71 bits per heavy atom. The molecule has 17 heavy (non-hydrogen) atoms. The van der Waals surface area contributed by atoms with E-state index in [1.54, 1.807) is 0 Å². The molecule has 3 unspecified atom stereocenters. The minimum Gasteiger partial charge on any atom is -0.466 e. The van der Waals surface area contributed by atoms with Gasteiger partial charge in [0.05, 0.1) is 18.6 Å². The van der Waals surface area contributed by atoms with Crippen molar-refractivity contribution in [1.82, 2.24) is 4.90 Å². The van der Waals surface area contributed by atoms with Crippen molar-refractivity contribution in [3.63, 3.8) is 0 Å². The number of nitrogens with zero attached hydrogens (tertiary/aromatic N) is 1. The molecular weight excluding hydrogens is 218 g/mol. The van der Waals surface area contributed by atoms with E-state index in [-0.39, 0.29) is 24.0 Å². The second-order valence-corrected chi connectivity index (χ2v) is 5.01. The fourth-order valence-corrected chi connectivity index (χ4v) is 2.53. The Kier molecular flexibility index (Phi) is 5.92. The van der Waals surface area contributed by atoms with Gasteiger partial charge < -0.3 is 9.84 Å². The maximum atomic E-state index is 11.5. The quantitative estimate of drug-likeness (QED) is 0.742. The smallest absolute Gasteiger partial charge is 0.309 e. The Balaban J connectivity index is 2.41. The van der Waals surface area contributed by atoms with Crippen molar-refractivity contribution in [2.75, 3.05) is 20.2 Å². The SMILES string of the molecule is CCOC(=O)C(C)CN(C)C1CCCCC1O. The summed E-state index contributed by atoms with van der Waals surface area (Å²) in [4.78, 5) is 13.6. The molecule has 1 aliphatic rings. The lowest BCUT2D eigenvalue weighted by molar-refractivity contribution is -0.148. The number of hydrogen-bond acceptors (Lipinski definition) is 4. The monoisotopic (exact) mass is 243 g/mol. The number of esters is 1. The fourth-order valence-electron chi connectivity index (χ4n) is 2.53. The molecule has 1 rings (SSSR count). The van der Waals surface area contributed by atoms with Gasteiger partial charge in [-0.2, -0.15) is 0 Å². The highest BCUT2D eigenvalue weighted by molar-refractivity contribution is 5.72. The summed E-state index contributed by atoms with van der Waals surface area (Å²) in [5.41, 5.74) is 0. The molecule has 1 saturated carbocycles. The molecule has 0 aliphatic heterocycles. The van der Waals surface area contributed by atoms with Gasteiger partial charge in [0.15, 0.2) is 0 Å². The van der Waals surface area contributed by atoms with Crippen LogP contribution < -0.4 is 0 Å². The lowest BCUT2D eigenvalue weighted by Gasteiger charge is -2.36. The van der Waals surface area contributed by atoms with Crippen LogP contribution in [0, 0.1) is 5.92 Å². The van der Waals surface area contributed by atoms with Crippen molar-refractivity contribution in [2.45, 2.75) is 51.7 Å². The number of carbonyl (C=O) groups excluding carboxylic acids is 1. The number of rotatable bonds is 5. The van der Waals surface area contributed by atoms with Crippen LogP contribution >= 0.6 is 0 Å². The summed E-state index contributed by atoms with van der Waals surface area (Å²) in [5.74, 6) is -0.279. The second kappa shape index (κ2) is 6.97. The molecule has 4 heteroatoms. The Morgan fingerprint density at radius 2 is 2.12 bits per heavy atom. The summed E-state index contributed by atoms with van der Waals surface area (Å²) in [6.07, 6.45) is 3.93. The van der Waals surface area contributed by atoms with Gasteiger partial charge in [0.2, 0.25) is 0 Å². The number of carbonyl (C=O) groups is 1. The van der Waals surface area contributed by atoms with Gasteiger partial charge in [-0.15, -0.1) is 0 Å². The number of likely N-dealkylation sites (N-methyl/N-ethyl adjacent to an activating group) is 1. The number of hydrogen-bond donors (Lipinski definition) is 1. The summed E-state index contributed by atoms with van der Waals surface area (Å²) in [5, 5.41) is 9.94. The molecule has 0 aromatic carbocycles. The maximum Gasteiger partial charge on any atom is 0.309 e. The van der Waals surface area contributed by atoms with E-state index in [9.17, 15) is 9.90 Å². The van der Waals surface area contributed by atoms with E-state index in [4.69, 9.17) is 4.74 Å². The van der Waals surface area contributed by atoms with Crippen molar-refractivity contribution >= 4 is 5.97 Å². The van der Waals surface area contributed by atoms with Gasteiger partial charge in [-0.1, -0.05) is 19.8 Å². The van der Waals surface area contributed by atoms with E-state index in [0.29, 0.717) is 13.2 Å². The lowest BCUT2D eigenvalue weighted by atomic mass is 9.91. The fraction of sp³-hybridized carbons (Fsp3) is 0.923. The zero-order valence-corrected chi connectivity index (χ0v) is 11.2. The van der Waals surface area contributed by atoms with Gasteiger partial charge in [-0.3, -0.25) is 9.69 Å².